The first-order chi connectivity index (χ1) is 10.8. The van der Waals surface area contributed by atoms with Crippen LogP contribution in [0.1, 0.15) is 23.7 Å². The molecule has 0 spiro atoms. The van der Waals surface area contributed by atoms with Gasteiger partial charge in [-0.15, -0.1) is 0 Å². The fraction of sp³-hybridized carbons (Fsp3) is 0.294. The summed E-state index contributed by atoms with van der Waals surface area (Å²) in [5, 5.41) is 12.9. The molecule has 6 heteroatoms. The molecule has 0 aliphatic heterocycles. The van der Waals surface area contributed by atoms with Crippen LogP contribution in [-0.2, 0) is 16.8 Å². The number of carbonyl (C=O) groups excluding carboxylic acids is 1. The van der Waals surface area contributed by atoms with Crippen molar-refractivity contribution in [1.29, 1.82) is 0 Å². The third-order valence-electron chi connectivity index (χ3n) is 3.48. The van der Waals surface area contributed by atoms with Crippen LogP contribution in [0.2, 0.25) is 0 Å². The van der Waals surface area contributed by atoms with E-state index in [0.717, 1.165) is 17.3 Å². The molecule has 0 aliphatic carbocycles. The molecule has 1 heterocycles. The minimum absolute atomic E-state index is 0.0730. The van der Waals surface area contributed by atoms with Crippen molar-refractivity contribution in [3.8, 4) is 0 Å². The van der Waals surface area contributed by atoms with Crippen molar-refractivity contribution in [2.45, 2.75) is 25.9 Å². The number of nitrogens with zero attached hydrogens (tertiary/aromatic N) is 1. The van der Waals surface area contributed by atoms with Gasteiger partial charge in [0.05, 0.1) is 13.0 Å². The van der Waals surface area contributed by atoms with E-state index in [1.54, 1.807) is 18.3 Å². The van der Waals surface area contributed by atoms with Crippen LogP contribution in [0.5, 0.6) is 0 Å². The Bertz CT molecular complexity index is 700. The number of pyridine rings is 1. The maximum Gasteiger partial charge on any atom is 0.224 e. The topological polar surface area (TPSA) is 62.2 Å². The molecule has 0 saturated heterocycles. The first-order valence-corrected chi connectivity index (χ1v) is 7.14. The Hall–Kier alpha value is -2.34. The zero-order valence-electron chi connectivity index (χ0n) is 12.9. The Morgan fingerprint density at radius 3 is 2.65 bits per heavy atom. The van der Waals surface area contributed by atoms with Gasteiger partial charge in [0.1, 0.15) is 17.2 Å². The Kier molecular flexibility index (Phi) is 5.05. The molecule has 2 N–H and O–H groups in total. The molecule has 23 heavy (non-hydrogen) atoms. The molecule has 2 aromatic rings. The van der Waals surface area contributed by atoms with Crippen molar-refractivity contribution in [1.82, 2.24) is 10.3 Å². The molecular weight excluding hydrogens is 302 g/mol. The summed E-state index contributed by atoms with van der Waals surface area (Å²) in [6, 6.07) is 6.52. The fourth-order valence-electron chi connectivity index (χ4n) is 2.14. The van der Waals surface area contributed by atoms with E-state index in [9.17, 15) is 18.7 Å². The van der Waals surface area contributed by atoms with Gasteiger partial charge in [-0.2, -0.15) is 0 Å². The average molecular weight is 320 g/mol. The van der Waals surface area contributed by atoms with Gasteiger partial charge in [-0.05, 0) is 31.5 Å². The minimum Gasteiger partial charge on any atom is -0.383 e. The molecule has 1 unspecified atom stereocenters. The molecule has 1 atom stereocenters. The molecule has 1 amide bonds. The van der Waals surface area contributed by atoms with Gasteiger partial charge < -0.3 is 10.4 Å². The lowest BCUT2D eigenvalue weighted by atomic mass is 9.95. The van der Waals surface area contributed by atoms with Crippen molar-refractivity contribution >= 4 is 5.91 Å². The van der Waals surface area contributed by atoms with Gasteiger partial charge in [-0.25, -0.2) is 8.78 Å². The zero-order chi connectivity index (χ0) is 17.0. The van der Waals surface area contributed by atoms with E-state index in [1.807, 2.05) is 6.92 Å². The maximum absolute atomic E-state index is 13.7. The highest BCUT2D eigenvalue weighted by atomic mass is 19.1. The van der Waals surface area contributed by atoms with Crippen LogP contribution < -0.4 is 5.32 Å². The smallest absolute Gasteiger partial charge is 0.224 e. The van der Waals surface area contributed by atoms with Crippen molar-refractivity contribution in [2.24, 2.45) is 0 Å². The van der Waals surface area contributed by atoms with Crippen molar-refractivity contribution in [3.05, 3.63) is 65.0 Å². The average Bonchev–Trinajstić information content (AvgIpc) is 2.47. The van der Waals surface area contributed by atoms with Crippen molar-refractivity contribution < 1.29 is 18.7 Å². The van der Waals surface area contributed by atoms with Gasteiger partial charge in [0.2, 0.25) is 5.91 Å². The summed E-state index contributed by atoms with van der Waals surface area (Å²) in [6.07, 6.45) is 1.71. The molecule has 2 rings (SSSR count). The molecular formula is C17H18F2N2O2. The lowest BCUT2D eigenvalue weighted by molar-refractivity contribution is -0.121. The molecule has 0 radical (unpaired) electrons. The number of benzene rings is 1. The number of aliphatic hydroxyl groups is 1. The molecule has 122 valence electrons. The summed E-state index contributed by atoms with van der Waals surface area (Å²) in [5.41, 5.74) is -0.125. The molecule has 1 aromatic carbocycles. The van der Waals surface area contributed by atoms with E-state index in [2.05, 4.69) is 10.3 Å². The van der Waals surface area contributed by atoms with Gasteiger partial charge in [0.25, 0.3) is 0 Å². The van der Waals surface area contributed by atoms with Crippen LogP contribution in [0.3, 0.4) is 0 Å². The highest BCUT2D eigenvalue weighted by Gasteiger charge is 2.27. The van der Waals surface area contributed by atoms with Crippen LogP contribution in [-0.4, -0.2) is 22.5 Å². The van der Waals surface area contributed by atoms with Crippen LogP contribution >= 0.6 is 0 Å². The number of rotatable bonds is 5. The fourth-order valence-corrected chi connectivity index (χ4v) is 2.14. The standard InChI is InChI=1S/C17H18F2N2O2/c1-11-3-4-12(9-20-11)7-16(22)21-10-17(2,23)14-6-5-13(18)8-15(14)19/h3-6,8-9,23H,7,10H2,1-2H3,(H,21,22). The predicted octanol–water partition coefficient (Wildman–Crippen LogP) is 2.23. The van der Waals surface area contributed by atoms with Crippen molar-refractivity contribution in [3.63, 3.8) is 0 Å². The summed E-state index contributed by atoms with van der Waals surface area (Å²) in [4.78, 5) is 16.0. The number of amides is 1. The van der Waals surface area contributed by atoms with Crippen LogP contribution in [0.15, 0.2) is 36.5 Å². The van der Waals surface area contributed by atoms with Crippen LogP contribution in [0, 0.1) is 18.6 Å². The van der Waals surface area contributed by atoms with Gasteiger partial charge in [-0.1, -0.05) is 12.1 Å². The summed E-state index contributed by atoms with van der Waals surface area (Å²) >= 11 is 0. The normalized spacial score (nSPS) is 13.4. The predicted molar refractivity (Wildman–Crippen MR) is 81.6 cm³/mol. The summed E-state index contributed by atoms with van der Waals surface area (Å²) in [6.45, 7) is 3.02. The quantitative estimate of drug-likeness (QED) is 0.888. The Balaban J connectivity index is 1.98. The first kappa shape index (κ1) is 17.0. The van der Waals surface area contributed by atoms with Gasteiger partial charge in [0, 0.05) is 23.5 Å². The van der Waals surface area contributed by atoms with Crippen molar-refractivity contribution in [2.75, 3.05) is 6.54 Å². The molecule has 0 saturated carbocycles. The molecule has 4 nitrogen and oxygen atoms in total. The van der Waals surface area contributed by atoms with E-state index < -0.39 is 17.2 Å². The number of nitrogens with one attached hydrogen (secondary N) is 1. The SMILES string of the molecule is Cc1ccc(CC(=O)NCC(C)(O)c2ccc(F)cc2F)cn1. The van der Waals surface area contributed by atoms with E-state index in [0.29, 0.717) is 6.07 Å². The third kappa shape index (κ3) is 4.56. The zero-order valence-corrected chi connectivity index (χ0v) is 12.9. The van der Waals surface area contributed by atoms with Crippen LogP contribution in [0.4, 0.5) is 8.78 Å². The highest BCUT2D eigenvalue weighted by Crippen LogP contribution is 2.23. The summed E-state index contributed by atoms with van der Waals surface area (Å²) in [7, 11) is 0. The van der Waals surface area contributed by atoms with E-state index in [1.165, 1.54) is 13.0 Å². The Labute approximate surface area is 133 Å². The number of halogens is 2. The van der Waals surface area contributed by atoms with Gasteiger partial charge >= 0.3 is 0 Å². The second-order valence-corrected chi connectivity index (χ2v) is 5.66. The highest BCUT2D eigenvalue weighted by molar-refractivity contribution is 5.78. The van der Waals surface area contributed by atoms with Crippen LogP contribution in [0.25, 0.3) is 0 Å². The lowest BCUT2D eigenvalue weighted by Crippen LogP contribution is -2.39. The third-order valence-corrected chi connectivity index (χ3v) is 3.48. The molecule has 1 aromatic heterocycles. The Morgan fingerprint density at radius 2 is 2.04 bits per heavy atom. The number of aryl methyl sites for hydroxylation is 1. The summed E-state index contributed by atoms with van der Waals surface area (Å²) < 4.78 is 26.7. The second-order valence-electron chi connectivity index (χ2n) is 5.66. The number of carbonyl (C=O) groups is 1. The number of hydrogen-bond donors (Lipinski definition) is 2. The maximum atomic E-state index is 13.7. The minimum atomic E-state index is -1.64. The molecule has 0 aliphatic rings. The van der Waals surface area contributed by atoms with E-state index >= 15 is 0 Å². The van der Waals surface area contributed by atoms with E-state index in [4.69, 9.17) is 0 Å². The van der Waals surface area contributed by atoms with E-state index in [-0.39, 0.29) is 24.4 Å². The van der Waals surface area contributed by atoms with Gasteiger partial charge in [-0.3, -0.25) is 9.78 Å². The first-order valence-electron chi connectivity index (χ1n) is 7.14. The Morgan fingerprint density at radius 1 is 1.30 bits per heavy atom. The van der Waals surface area contributed by atoms with Gasteiger partial charge in [0.15, 0.2) is 0 Å². The number of aromatic nitrogens is 1. The second kappa shape index (κ2) is 6.83. The lowest BCUT2D eigenvalue weighted by Gasteiger charge is -2.24. The largest absolute Gasteiger partial charge is 0.383 e. The monoisotopic (exact) mass is 320 g/mol. The molecule has 0 fully saturated rings. The number of hydrogen-bond acceptors (Lipinski definition) is 3. The molecule has 0 bridgehead atoms. The summed E-state index contributed by atoms with van der Waals surface area (Å²) in [5.74, 6) is -1.90.